The van der Waals surface area contributed by atoms with E-state index in [4.69, 9.17) is 0 Å². The van der Waals surface area contributed by atoms with E-state index in [1.807, 2.05) is 11.8 Å². The Labute approximate surface area is 121 Å². The van der Waals surface area contributed by atoms with Crippen LogP contribution in [0.2, 0.25) is 0 Å². The Balaban J connectivity index is 1.66. The van der Waals surface area contributed by atoms with E-state index >= 15 is 0 Å². The molecule has 19 heavy (non-hydrogen) atoms. The summed E-state index contributed by atoms with van der Waals surface area (Å²) in [5, 5.41) is 4.85. The van der Waals surface area contributed by atoms with Gasteiger partial charge in [-0.1, -0.05) is 29.8 Å². The molecule has 0 spiro atoms. The van der Waals surface area contributed by atoms with Crippen molar-refractivity contribution in [2.45, 2.75) is 56.4 Å². The highest BCUT2D eigenvalue weighted by Gasteiger charge is 2.35. The van der Waals surface area contributed by atoms with Crippen LogP contribution in [0, 0.1) is 12.8 Å². The molecule has 2 fully saturated rings. The summed E-state index contributed by atoms with van der Waals surface area (Å²) in [7, 11) is 0. The lowest BCUT2D eigenvalue weighted by Gasteiger charge is -2.23. The third-order valence-corrected chi connectivity index (χ3v) is 5.76. The second-order valence-corrected chi connectivity index (χ2v) is 7.40. The van der Waals surface area contributed by atoms with Crippen LogP contribution in [0.5, 0.6) is 0 Å². The molecule has 1 nitrogen and oxygen atoms in total. The van der Waals surface area contributed by atoms with Crippen LogP contribution in [0.3, 0.4) is 0 Å². The molecule has 2 saturated carbocycles. The van der Waals surface area contributed by atoms with Crippen LogP contribution in [0.25, 0.3) is 0 Å². The average Bonchev–Trinajstić information content (AvgIpc) is 3.17. The van der Waals surface area contributed by atoms with E-state index in [9.17, 15) is 0 Å². The van der Waals surface area contributed by atoms with Crippen molar-refractivity contribution in [3.8, 4) is 0 Å². The highest BCUT2D eigenvalue weighted by molar-refractivity contribution is 7.99. The topological polar surface area (TPSA) is 12.0 Å². The fourth-order valence-corrected chi connectivity index (χ4v) is 4.06. The van der Waals surface area contributed by atoms with E-state index in [1.54, 1.807) is 0 Å². The number of nitrogens with one attached hydrogen (secondary N) is 1. The van der Waals surface area contributed by atoms with Crippen molar-refractivity contribution in [2.75, 3.05) is 6.26 Å². The smallest absolute Gasteiger partial charge is 0.0351 e. The summed E-state index contributed by atoms with van der Waals surface area (Å²) in [6, 6.07) is 10.5. The highest BCUT2D eigenvalue weighted by Crippen LogP contribution is 2.42. The van der Waals surface area contributed by atoms with E-state index in [0.29, 0.717) is 6.04 Å². The quantitative estimate of drug-likeness (QED) is 0.859. The fourth-order valence-electron chi connectivity index (χ4n) is 3.27. The van der Waals surface area contributed by atoms with Gasteiger partial charge in [-0.3, -0.25) is 0 Å². The molecule has 3 atom stereocenters. The van der Waals surface area contributed by atoms with Gasteiger partial charge in [-0.2, -0.15) is 11.8 Å². The van der Waals surface area contributed by atoms with Crippen molar-refractivity contribution in [3.63, 3.8) is 0 Å². The summed E-state index contributed by atoms with van der Waals surface area (Å²) >= 11 is 2.05. The molecule has 1 aromatic rings. The number of hydrogen-bond donors (Lipinski definition) is 1. The van der Waals surface area contributed by atoms with Gasteiger partial charge in [0.15, 0.2) is 0 Å². The van der Waals surface area contributed by atoms with E-state index in [0.717, 1.165) is 17.2 Å². The van der Waals surface area contributed by atoms with Gasteiger partial charge in [0.1, 0.15) is 0 Å². The SMILES string of the molecule is CSC1CCC(NC(c2ccc(C)cc2)C2CC2)C1. The zero-order valence-corrected chi connectivity index (χ0v) is 12.9. The second kappa shape index (κ2) is 5.88. The van der Waals surface area contributed by atoms with E-state index in [1.165, 1.54) is 43.2 Å². The summed E-state index contributed by atoms with van der Waals surface area (Å²) in [6.45, 7) is 2.17. The van der Waals surface area contributed by atoms with Gasteiger partial charge in [-0.25, -0.2) is 0 Å². The molecule has 3 rings (SSSR count). The average molecular weight is 275 g/mol. The summed E-state index contributed by atoms with van der Waals surface area (Å²) in [5.74, 6) is 0.885. The van der Waals surface area contributed by atoms with Gasteiger partial charge in [0, 0.05) is 17.3 Å². The first-order chi connectivity index (χ1) is 9.26. The Bertz CT molecular complexity index is 410. The van der Waals surface area contributed by atoms with Gasteiger partial charge in [-0.15, -0.1) is 0 Å². The molecule has 0 amide bonds. The van der Waals surface area contributed by atoms with Crippen LogP contribution in [0.1, 0.15) is 49.3 Å². The van der Waals surface area contributed by atoms with Gasteiger partial charge in [0.05, 0.1) is 0 Å². The second-order valence-electron chi connectivity index (χ2n) is 6.26. The molecule has 2 aliphatic carbocycles. The zero-order valence-electron chi connectivity index (χ0n) is 12.1. The predicted molar refractivity (Wildman–Crippen MR) is 84.7 cm³/mol. The van der Waals surface area contributed by atoms with Gasteiger partial charge in [0.2, 0.25) is 0 Å². The van der Waals surface area contributed by atoms with Crippen LogP contribution in [-0.2, 0) is 0 Å². The molecule has 0 bridgehead atoms. The maximum absolute atomic E-state index is 3.96. The molecule has 0 radical (unpaired) electrons. The first-order valence-corrected chi connectivity index (χ1v) is 8.90. The Hall–Kier alpha value is -0.470. The molecule has 1 N–H and O–H groups in total. The van der Waals surface area contributed by atoms with Crippen molar-refractivity contribution >= 4 is 11.8 Å². The van der Waals surface area contributed by atoms with Crippen LogP contribution < -0.4 is 5.32 Å². The van der Waals surface area contributed by atoms with Crippen LogP contribution in [0.15, 0.2) is 24.3 Å². The lowest BCUT2D eigenvalue weighted by molar-refractivity contribution is 0.406. The lowest BCUT2D eigenvalue weighted by Crippen LogP contribution is -2.32. The summed E-state index contributed by atoms with van der Waals surface area (Å²) < 4.78 is 0. The first kappa shape index (κ1) is 13.5. The van der Waals surface area contributed by atoms with Gasteiger partial charge in [-0.05, 0) is 56.8 Å². The van der Waals surface area contributed by atoms with E-state index < -0.39 is 0 Å². The molecule has 0 aromatic heterocycles. The summed E-state index contributed by atoms with van der Waals surface area (Å²) in [6.07, 6.45) is 9.18. The molecule has 0 heterocycles. The van der Waals surface area contributed by atoms with Crippen LogP contribution in [0.4, 0.5) is 0 Å². The van der Waals surface area contributed by atoms with Gasteiger partial charge >= 0.3 is 0 Å². The molecular weight excluding hydrogens is 250 g/mol. The van der Waals surface area contributed by atoms with Crippen molar-refractivity contribution < 1.29 is 0 Å². The Kier molecular flexibility index (Phi) is 4.18. The van der Waals surface area contributed by atoms with Crippen molar-refractivity contribution in [2.24, 2.45) is 5.92 Å². The third-order valence-electron chi connectivity index (χ3n) is 4.66. The monoisotopic (exact) mass is 275 g/mol. The van der Waals surface area contributed by atoms with E-state index in [2.05, 4.69) is 42.8 Å². The standard InChI is InChI=1S/C17H25NS/c1-12-3-5-13(6-4-12)17(14-7-8-14)18-15-9-10-16(11-15)19-2/h3-6,14-18H,7-11H2,1-2H3. The Morgan fingerprint density at radius 3 is 2.42 bits per heavy atom. The molecule has 104 valence electrons. The Morgan fingerprint density at radius 1 is 1.11 bits per heavy atom. The normalized spacial score (nSPS) is 28.5. The van der Waals surface area contributed by atoms with Crippen LogP contribution in [-0.4, -0.2) is 17.5 Å². The maximum Gasteiger partial charge on any atom is 0.0351 e. The van der Waals surface area contributed by atoms with Gasteiger partial charge in [0.25, 0.3) is 0 Å². The lowest BCUT2D eigenvalue weighted by atomic mass is 10.00. The molecule has 0 aliphatic heterocycles. The number of thioether (sulfide) groups is 1. The maximum atomic E-state index is 3.96. The molecular formula is C17H25NS. The van der Waals surface area contributed by atoms with Crippen molar-refractivity contribution in [1.82, 2.24) is 5.32 Å². The number of aryl methyl sites for hydroxylation is 1. The molecule has 0 saturated heterocycles. The number of rotatable bonds is 5. The largest absolute Gasteiger partial charge is 0.307 e. The molecule has 2 aliphatic rings. The summed E-state index contributed by atoms with van der Waals surface area (Å²) in [4.78, 5) is 0. The minimum Gasteiger partial charge on any atom is -0.307 e. The highest BCUT2D eigenvalue weighted by atomic mass is 32.2. The number of hydrogen-bond acceptors (Lipinski definition) is 2. The zero-order chi connectivity index (χ0) is 13.2. The van der Waals surface area contributed by atoms with E-state index in [-0.39, 0.29) is 0 Å². The minimum atomic E-state index is 0.603. The minimum absolute atomic E-state index is 0.603. The molecule has 3 unspecified atom stereocenters. The molecule has 1 aromatic carbocycles. The van der Waals surface area contributed by atoms with Crippen molar-refractivity contribution in [3.05, 3.63) is 35.4 Å². The summed E-state index contributed by atoms with van der Waals surface area (Å²) in [5.41, 5.74) is 2.86. The third kappa shape index (κ3) is 3.35. The first-order valence-electron chi connectivity index (χ1n) is 7.61. The van der Waals surface area contributed by atoms with Gasteiger partial charge < -0.3 is 5.32 Å². The van der Waals surface area contributed by atoms with Crippen LogP contribution >= 0.6 is 11.8 Å². The fraction of sp³-hybridized carbons (Fsp3) is 0.647. The number of benzene rings is 1. The van der Waals surface area contributed by atoms with Crippen molar-refractivity contribution in [1.29, 1.82) is 0 Å². The molecule has 2 heteroatoms. The predicted octanol–water partition coefficient (Wildman–Crippen LogP) is 4.32. The Morgan fingerprint density at radius 2 is 1.84 bits per heavy atom.